The highest BCUT2D eigenvalue weighted by atomic mass is 127. The summed E-state index contributed by atoms with van der Waals surface area (Å²) in [7, 11) is 1.72. The molecule has 1 saturated heterocycles. The zero-order valence-corrected chi connectivity index (χ0v) is 19.5. The molecule has 2 aromatic rings. The van der Waals surface area contributed by atoms with Gasteiger partial charge in [-0.1, -0.05) is 13.0 Å². The molecule has 0 amide bonds. The van der Waals surface area contributed by atoms with Gasteiger partial charge in [-0.3, -0.25) is 4.99 Å². The first-order chi connectivity index (χ1) is 13.7. The van der Waals surface area contributed by atoms with E-state index >= 15 is 0 Å². The van der Waals surface area contributed by atoms with Crippen LogP contribution in [0.4, 0.5) is 10.1 Å². The first-order valence-corrected chi connectivity index (χ1v) is 9.92. The number of hydrogen-bond acceptors (Lipinski definition) is 4. The second-order valence-corrected chi connectivity index (χ2v) is 6.89. The number of hydrogen-bond donors (Lipinski definition) is 2. The van der Waals surface area contributed by atoms with E-state index in [9.17, 15) is 4.39 Å². The number of benzene rings is 1. The lowest BCUT2D eigenvalue weighted by molar-refractivity contribution is 0.270. The number of piperazine rings is 1. The van der Waals surface area contributed by atoms with Gasteiger partial charge in [-0.2, -0.15) is 0 Å². The van der Waals surface area contributed by atoms with Crippen molar-refractivity contribution in [1.82, 2.24) is 15.5 Å². The van der Waals surface area contributed by atoms with Crippen molar-refractivity contribution in [2.75, 3.05) is 51.2 Å². The molecule has 0 spiro atoms. The quantitative estimate of drug-likeness (QED) is 0.338. The molecule has 1 aliphatic heterocycles. The molecule has 0 saturated carbocycles. The average molecular weight is 515 g/mol. The minimum absolute atomic E-state index is 0. The summed E-state index contributed by atoms with van der Waals surface area (Å²) in [6, 6.07) is 9.31. The molecule has 0 unspecified atom stereocenters. The van der Waals surface area contributed by atoms with Gasteiger partial charge in [0.25, 0.3) is 0 Å². The van der Waals surface area contributed by atoms with Crippen molar-refractivity contribution in [3.8, 4) is 0 Å². The van der Waals surface area contributed by atoms with E-state index in [0.717, 1.165) is 50.5 Å². The average Bonchev–Trinajstić information content (AvgIpc) is 3.24. The molecule has 29 heavy (non-hydrogen) atoms. The summed E-state index contributed by atoms with van der Waals surface area (Å²) < 4.78 is 20.0. The minimum Gasteiger partial charge on any atom is -0.469 e. The molecule has 2 heterocycles. The van der Waals surface area contributed by atoms with Crippen LogP contribution >= 0.6 is 24.0 Å². The Morgan fingerprint density at radius 3 is 2.59 bits per heavy atom. The molecular formula is C21H31FIN5O. The monoisotopic (exact) mass is 515 g/mol. The minimum atomic E-state index is -0.162. The van der Waals surface area contributed by atoms with Crippen molar-refractivity contribution in [1.29, 1.82) is 0 Å². The van der Waals surface area contributed by atoms with E-state index in [0.29, 0.717) is 24.7 Å². The van der Waals surface area contributed by atoms with Crippen molar-refractivity contribution in [2.45, 2.75) is 19.9 Å². The molecule has 0 aliphatic carbocycles. The lowest BCUT2D eigenvalue weighted by Gasteiger charge is -2.35. The van der Waals surface area contributed by atoms with E-state index in [-0.39, 0.29) is 29.8 Å². The molecule has 6 nitrogen and oxygen atoms in total. The predicted octanol–water partition coefficient (Wildman–Crippen LogP) is 3.09. The van der Waals surface area contributed by atoms with Gasteiger partial charge in [-0.05, 0) is 36.4 Å². The fourth-order valence-electron chi connectivity index (χ4n) is 3.39. The Labute approximate surface area is 189 Å². The van der Waals surface area contributed by atoms with Gasteiger partial charge in [-0.15, -0.1) is 24.0 Å². The SMILES string of the molecule is CCN1CCN(c2ccc(CNC(=NC)NCCc3ccco3)cc2F)CC1.I. The van der Waals surface area contributed by atoms with E-state index in [1.54, 1.807) is 19.4 Å². The highest BCUT2D eigenvalue weighted by Crippen LogP contribution is 2.22. The number of furan rings is 1. The van der Waals surface area contributed by atoms with Crippen LogP contribution in [0, 0.1) is 5.82 Å². The summed E-state index contributed by atoms with van der Waals surface area (Å²) >= 11 is 0. The molecule has 1 aromatic heterocycles. The van der Waals surface area contributed by atoms with E-state index in [2.05, 4.69) is 32.3 Å². The summed E-state index contributed by atoms with van der Waals surface area (Å²) in [5.74, 6) is 1.46. The Bertz CT molecular complexity index is 760. The summed E-state index contributed by atoms with van der Waals surface area (Å²) in [5.41, 5.74) is 1.59. The van der Waals surface area contributed by atoms with Crippen LogP contribution in [0.25, 0.3) is 0 Å². The Kier molecular flexibility index (Phi) is 9.72. The molecule has 3 rings (SSSR count). The smallest absolute Gasteiger partial charge is 0.191 e. The Morgan fingerprint density at radius 2 is 1.97 bits per heavy atom. The first kappa shape index (κ1) is 23.5. The summed E-state index contributed by atoms with van der Waals surface area (Å²) in [4.78, 5) is 8.73. The highest BCUT2D eigenvalue weighted by Gasteiger charge is 2.18. The van der Waals surface area contributed by atoms with Gasteiger partial charge >= 0.3 is 0 Å². The number of guanidine groups is 1. The third kappa shape index (κ3) is 6.88. The second-order valence-electron chi connectivity index (χ2n) is 6.89. The number of rotatable bonds is 7. The van der Waals surface area contributed by atoms with Crippen LogP contribution in [0.15, 0.2) is 46.0 Å². The summed E-state index contributed by atoms with van der Waals surface area (Å²) in [5, 5.41) is 6.46. The van der Waals surface area contributed by atoms with Crippen LogP contribution in [-0.4, -0.2) is 57.2 Å². The number of likely N-dealkylation sites (N-methyl/N-ethyl adjacent to an activating group) is 1. The van der Waals surface area contributed by atoms with E-state index in [4.69, 9.17) is 4.42 Å². The molecule has 0 bridgehead atoms. The van der Waals surface area contributed by atoms with Crippen molar-refractivity contribution in [2.24, 2.45) is 4.99 Å². The number of nitrogens with one attached hydrogen (secondary N) is 2. The topological polar surface area (TPSA) is 56.0 Å². The Hall–Kier alpha value is -1.81. The maximum Gasteiger partial charge on any atom is 0.191 e. The Morgan fingerprint density at radius 1 is 1.17 bits per heavy atom. The largest absolute Gasteiger partial charge is 0.469 e. The number of aliphatic imine (C=N–C) groups is 1. The van der Waals surface area contributed by atoms with Gasteiger partial charge in [-0.25, -0.2) is 4.39 Å². The molecular weight excluding hydrogens is 484 g/mol. The zero-order chi connectivity index (χ0) is 19.8. The third-order valence-corrected chi connectivity index (χ3v) is 5.10. The lowest BCUT2D eigenvalue weighted by Crippen LogP contribution is -2.46. The fourth-order valence-corrected chi connectivity index (χ4v) is 3.39. The van der Waals surface area contributed by atoms with Crippen molar-refractivity contribution in [3.63, 3.8) is 0 Å². The van der Waals surface area contributed by atoms with Gasteiger partial charge in [0.2, 0.25) is 0 Å². The van der Waals surface area contributed by atoms with Crippen LogP contribution in [-0.2, 0) is 13.0 Å². The van der Waals surface area contributed by atoms with Gasteiger partial charge < -0.3 is 24.9 Å². The van der Waals surface area contributed by atoms with E-state index in [1.165, 1.54) is 0 Å². The van der Waals surface area contributed by atoms with Crippen molar-refractivity contribution in [3.05, 3.63) is 53.7 Å². The van der Waals surface area contributed by atoms with Gasteiger partial charge in [0.15, 0.2) is 5.96 Å². The molecule has 1 aromatic carbocycles. The Balaban J connectivity index is 0.00000300. The number of anilines is 1. The maximum atomic E-state index is 14.6. The van der Waals surface area contributed by atoms with Crippen molar-refractivity contribution >= 4 is 35.6 Å². The van der Waals surface area contributed by atoms with E-state index < -0.39 is 0 Å². The predicted molar refractivity (Wildman–Crippen MR) is 127 cm³/mol. The molecule has 0 atom stereocenters. The van der Waals surface area contributed by atoms with Crippen LogP contribution in [0.2, 0.25) is 0 Å². The summed E-state index contributed by atoms with van der Waals surface area (Å²) in [6.07, 6.45) is 2.45. The van der Waals surface area contributed by atoms with Crippen LogP contribution in [0.3, 0.4) is 0 Å². The fraction of sp³-hybridized carbons (Fsp3) is 0.476. The second kappa shape index (κ2) is 12.0. The van der Waals surface area contributed by atoms with Gasteiger partial charge in [0, 0.05) is 52.7 Å². The van der Waals surface area contributed by atoms with Crippen LogP contribution in [0.5, 0.6) is 0 Å². The molecule has 160 valence electrons. The maximum absolute atomic E-state index is 14.6. The summed E-state index contributed by atoms with van der Waals surface area (Å²) in [6.45, 7) is 8.16. The standard InChI is InChI=1S/C21H30FN5O.HI/c1-3-26-10-12-27(13-11-26)20-7-6-17(15-19(20)22)16-25-21(23-2)24-9-8-18-5-4-14-28-18;/h4-7,14-15H,3,8-13,16H2,1-2H3,(H2,23,24,25);1H. The van der Waals surface area contributed by atoms with Gasteiger partial charge in [0.05, 0.1) is 12.0 Å². The van der Waals surface area contributed by atoms with Gasteiger partial charge in [0.1, 0.15) is 11.6 Å². The third-order valence-electron chi connectivity index (χ3n) is 5.10. The van der Waals surface area contributed by atoms with Crippen molar-refractivity contribution < 1.29 is 8.81 Å². The first-order valence-electron chi connectivity index (χ1n) is 9.92. The molecule has 0 radical (unpaired) electrons. The molecule has 8 heteroatoms. The molecule has 1 fully saturated rings. The highest BCUT2D eigenvalue weighted by molar-refractivity contribution is 14.0. The number of nitrogens with zero attached hydrogens (tertiary/aromatic N) is 3. The zero-order valence-electron chi connectivity index (χ0n) is 17.2. The molecule has 1 aliphatic rings. The van der Waals surface area contributed by atoms with Crippen LogP contribution in [0.1, 0.15) is 18.2 Å². The van der Waals surface area contributed by atoms with Crippen LogP contribution < -0.4 is 15.5 Å². The number of halogens is 2. The normalized spacial score (nSPS) is 15.1. The lowest BCUT2D eigenvalue weighted by atomic mass is 10.1. The molecule has 2 N–H and O–H groups in total. The van der Waals surface area contributed by atoms with E-state index in [1.807, 2.05) is 24.3 Å².